The summed E-state index contributed by atoms with van der Waals surface area (Å²) in [7, 11) is 0. The van der Waals surface area contributed by atoms with E-state index in [1.54, 1.807) is 24.7 Å². The van der Waals surface area contributed by atoms with Gasteiger partial charge in [-0.15, -0.1) is 0 Å². The molecule has 3 aromatic rings. The van der Waals surface area contributed by atoms with E-state index in [9.17, 15) is 14.4 Å². The van der Waals surface area contributed by atoms with Gasteiger partial charge in [-0.2, -0.15) is 5.26 Å². The summed E-state index contributed by atoms with van der Waals surface area (Å²) >= 11 is 0. The largest absolute Gasteiger partial charge is 0.451 e. The Morgan fingerprint density at radius 3 is 2.47 bits per heavy atom. The van der Waals surface area contributed by atoms with Gasteiger partial charge >= 0.3 is 6.09 Å². The summed E-state index contributed by atoms with van der Waals surface area (Å²) in [5.41, 5.74) is 2.73. The molecule has 0 unspecified atom stereocenters. The molecule has 1 aromatic heterocycles. The third kappa shape index (κ3) is 8.58. The van der Waals surface area contributed by atoms with Crippen LogP contribution in [0.4, 0.5) is 15.0 Å². The minimum absolute atomic E-state index is 0.198. The van der Waals surface area contributed by atoms with Crippen molar-refractivity contribution in [3.8, 4) is 28.7 Å². The number of halogens is 1. The van der Waals surface area contributed by atoms with E-state index in [0.717, 1.165) is 94.6 Å². The van der Waals surface area contributed by atoms with E-state index < -0.39 is 5.60 Å². The molecule has 3 fully saturated rings. The predicted molar refractivity (Wildman–Crippen MR) is 179 cm³/mol. The van der Waals surface area contributed by atoms with Crippen LogP contribution in [0.3, 0.4) is 0 Å². The average Bonchev–Trinajstić information content (AvgIpc) is 3.91. The zero-order valence-electron chi connectivity index (χ0n) is 27.7. The number of nitrogens with zero attached hydrogens (tertiary/aromatic N) is 5. The van der Waals surface area contributed by atoms with Crippen LogP contribution in [0.1, 0.15) is 82.8 Å². The number of hydrogen-bond donors (Lipinski definition) is 1. The molecule has 1 aliphatic heterocycles. The number of piperazine rings is 1. The zero-order valence-corrected chi connectivity index (χ0v) is 27.7. The number of amides is 1. The van der Waals surface area contributed by atoms with Gasteiger partial charge in [-0.1, -0.05) is 6.07 Å². The fourth-order valence-electron chi connectivity index (χ4n) is 6.77. The topological polar surface area (TPSA) is 104 Å². The van der Waals surface area contributed by atoms with E-state index in [1.807, 2.05) is 32.9 Å². The van der Waals surface area contributed by atoms with Crippen LogP contribution in [-0.2, 0) is 4.74 Å². The summed E-state index contributed by atoms with van der Waals surface area (Å²) in [6.07, 6.45) is 10.4. The summed E-state index contributed by atoms with van der Waals surface area (Å²) in [5, 5.41) is 12.5. The van der Waals surface area contributed by atoms with Gasteiger partial charge in [0.1, 0.15) is 23.5 Å². The van der Waals surface area contributed by atoms with Crippen molar-refractivity contribution in [3.63, 3.8) is 0 Å². The Morgan fingerprint density at radius 1 is 1.00 bits per heavy atom. The van der Waals surface area contributed by atoms with Crippen molar-refractivity contribution in [2.75, 3.05) is 37.6 Å². The number of benzene rings is 2. The third-order valence-corrected chi connectivity index (χ3v) is 9.40. The molecule has 0 bridgehead atoms. The minimum atomic E-state index is -0.480. The highest BCUT2D eigenvalue weighted by atomic mass is 19.1. The standard InChI is InChI=1S/C37H45FN6O3/c1-37(2,3)47-36(45)42-29-10-4-25(5-11-29)14-15-43-16-18-44(19-17-43)35-34(23-40-24-41-35)46-33-13-9-28(38)21-32(33)30-12-6-26(22-39)20-31(30)27-7-8-27/h6,9,12-13,20-21,23-25,27,29H,4-5,7-8,10-11,14-19H2,1-3H3,(H,42,45)/t25-,29-. The van der Waals surface area contributed by atoms with Crippen LogP contribution in [-0.4, -0.2) is 65.3 Å². The minimum Gasteiger partial charge on any atom is -0.451 e. The van der Waals surface area contributed by atoms with Gasteiger partial charge in [-0.25, -0.2) is 19.2 Å². The summed E-state index contributed by atoms with van der Waals surface area (Å²) in [4.78, 5) is 25.8. The second-order valence-corrected chi connectivity index (χ2v) is 14.1. The van der Waals surface area contributed by atoms with E-state index in [0.29, 0.717) is 34.5 Å². The fourth-order valence-corrected chi connectivity index (χ4v) is 6.77. The number of carbonyl (C=O) groups excluding carboxylic acids is 1. The van der Waals surface area contributed by atoms with E-state index in [4.69, 9.17) is 9.47 Å². The molecule has 2 aromatic carbocycles. The molecule has 10 heteroatoms. The quantitative estimate of drug-likeness (QED) is 0.258. The van der Waals surface area contributed by atoms with Crippen LogP contribution in [0.15, 0.2) is 48.9 Å². The normalized spacial score (nSPS) is 20.4. The van der Waals surface area contributed by atoms with Gasteiger partial charge in [-0.05, 0) is 126 Å². The number of nitriles is 1. The fraction of sp³-hybridized carbons (Fsp3) is 0.514. The third-order valence-electron chi connectivity index (χ3n) is 9.40. The lowest BCUT2D eigenvalue weighted by Gasteiger charge is -2.37. The molecule has 3 aliphatic rings. The summed E-state index contributed by atoms with van der Waals surface area (Å²) < 4.78 is 26.5. The predicted octanol–water partition coefficient (Wildman–Crippen LogP) is 7.42. The van der Waals surface area contributed by atoms with E-state index in [1.165, 1.54) is 12.1 Å². The Morgan fingerprint density at radius 2 is 1.77 bits per heavy atom. The van der Waals surface area contributed by atoms with Crippen molar-refractivity contribution in [1.29, 1.82) is 5.26 Å². The van der Waals surface area contributed by atoms with Gasteiger partial charge in [0.2, 0.25) is 0 Å². The van der Waals surface area contributed by atoms with Gasteiger partial charge in [0, 0.05) is 37.8 Å². The van der Waals surface area contributed by atoms with Crippen LogP contribution in [0.2, 0.25) is 0 Å². The lowest BCUT2D eigenvalue weighted by atomic mass is 9.84. The van der Waals surface area contributed by atoms with Gasteiger partial charge in [-0.3, -0.25) is 4.90 Å². The Balaban J connectivity index is 1.04. The molecule has 0 spiro atoms. The summed E-state index contributed by atoms with van der Waals surface area (Å²) in [6.45, 7) is 10.2. The number of carbonyl (C=O) groups is 1. The number of nitrogens with one attached hydrogen (secondary N) is 1. The van der Waals surface area contributed by atoms with E-state index >= 15 is 0 Å². The maximum atomic E-state index is 14.6. The van der Waals surface area contributed by atoms with Crippen molar-refractivity contribution in [1.82, 2.24) is 20.2 Å². The second kappa shape index (κ2) is 14.3. The van der Waals surface area contributed by atoms with Crippen LogP contribution < -0.4 is 15.0 Å². The maximum absolute atomic E-state index is 14.6. The average molecular weight is 641 g/mol. The van der Waals surface area contributed by atoms with Crippen LogP contribution in [0.5, 0.6) is 11.5 Å². The zero-order chi connectivity index (χ0) is 33.0. The van der Waals surface area contributed by atoms with Gasteiger partial charge in [0.25, 0.3) is 0 Å². The maximum Gasteiger partial charge on any atom is 0.407 e. The number of anilines is 1. The molecule has 9 nitrogen and oxygen atoms in total. The second-order valence-electron chi connectivity index (χ2n) is 14.1. The van der Waals surface area contributed by atoms with Gasteiger partial charge in [0.15, 0.2) is 11.6 Å². The first kappa shape index (κ1) is 32.7. The molecule has 2 saturated carbocycles. The Hall–Kier alpha value is -4.23. The molecule has 248 valence electrons. The highest BCUT2D eigenvalue weighted by Gasteiger charge is 2.29. The number of alkyl carbamates (subject to hydrolysis) is 1. The molecular formula is C37H45FN6O3. The number of aromatic nitrogens is 2. The van der Waals surface area contributed by atoms with Gasteiger partial charge in [0.05, 0.1) is 17.8 Å². The molecule has 0 radical (unpaired) electrons. The van der Waals surface area contributed by atoms with E-state index in [-0.39, 0.29) is 18.0 Å². The van der Waals surface area contributed by atoms with Crippen molar-refractivity contribution >= 4 is 11.9 Å². The highest BCUT2D eigenvalue weighted by Crippen LogP contribution is 2.47. The Bertz CT molecular complexity index is 1600. The first-order valence-corrected chi connectivity index (χ1v) is 16.9. The van der Waals surface area contributed by atoms with Crippen molar-refractivity contribution < 1.29 is 18.7 Å². The Kier molecular flexibility index (Phi) is 9.92. The van der Waals surface area contributed by atoms with E-state index in [2.05, 4.69) is 31.2 Å². The monoisotopic (exact) mass is 640 g/mol. The number of ether oxygens (including phenoxy) is 2. The molecule has 1 N–H and O–H groups in total. The lowest BCUT2D eigenvalue weighted by Crippen LogP contribution is -2.47. The smallest absolute Gasteiger partial charge is 0.407 e. The molecule has 1 saturated heterocycles. The number of rotatable bonds is 9. The Labute approximate surface area is 277 Å². The molecule has 2 heterocycles. The lowest BCUT2D eigenvalue weighted by molar-refractivity contribution is 0.0485. The first-order valence-electron chi connectivity index (χ1n) is 16.9. The summed E-state index contributed by atoms with van der Waals surface area (Å²) in [5.74, 6) is 2.50. The molecule has 47 heavy (non-hydrogen) atoms. The van der Waals surface area contributed by atoms with Gasteiger partial charge < -0.3 is 19.7 Å². The van der Waals surface area contributed by atoms with Crippen molar-refractivity contribution in [2.24, 2.45) is 5.92 Å². The molecule has 6 rings (SSSR count). The molecule has 0 atom stereocenters. The molecule has 1 amide bonds. The van der Waals surface area contributed by atoms with Crippen LogP contribution in [0, 0.1) is 23.1 Å². The summed E-state index contributed by atoms with van der Waals surface area (Å²) in [6, 6.07) is 12.6. The molecular weight excluding hydrogens is 595 g/mol. The first-order chi connectivity index (χ1) is 22.6. The van der Waals surface area contributed by atoms with Crippen molar-refractivity contribution in [2.45, 2.75) is 83.3 Å². The SMILES string of the molecule is CC(C)(C)OC(=O)N[C@H]1CC[C@H](CCN2CCN(c3ncncc3Oc3ccc(F)cc3-c3ccc(C#N)cc3C3CC3)CC2)CC1. The highest BCUT2D eigenvalue weighted by molar-refractivity contribution is 5.76. The van der Waals surface area contributed by atoms with Crippen molar-refractivity contribution in [3.05, 3.63) is 65.9 Å². The van der Waals surface area contributed by atoms with Crippen LogP contribution >= 0.6 is 0 Å². The van der Waals surface area contributed by atoms with Crippen LogP contribution in [0.25, 0.3) is 11.1 Å². The molecule has 2 aliphatic carbocycles. The number of hydrogen-bond acceptors (Lipinski definition) is 8.